The van der Waals surface area contributed by atoms with Gasteiger partial charge in [0.05, 0.1) is 38.6 Å². The second kappa shape index (κ2) is 10.2. The Kier molecular flexibility index (Phi) is 5.25. The van der Waals surface area contributed by atoms with E-state index in [-0.39, 0.29) is 0 Å². The summed E-state index contributed by atoms with van der Waals surface area (Å²) in [4.78, 5) is 11.6. The second-order valence-electron chi connectivity index (χ2n) is 15.6. The highest BCUT2D eigenvalue weighted by Crippen LogP contribution is 2.50. The molecule has 0 bridgehead atoms. The first kappa shape index (κ1) is 29.7. The molecule has 0 amide bonds. The number of fused-ring (bicyclic) bond motifs is 13. The summed E-state index contributed by atoms with van der Waals surface area (Å²) in [7, 11) is 0. The highest BCUT2D eigenvalue weighted by molar-refractivity contribution is 7.26. The van der Waals surface area contributed by atoms with Crippen LogP contribution in [-0.2, 0) is 0 Å². The zero-order valence-electron chi connectivity index (χ0n) is 30.6. The van der Waals surface area contributed by atoms with Crippen molar-refractivity contribution in [3.8, 4) is 17.1 Å². The molecule has 0 saturated carbocycles. The number of hydrogen-bond donors (Lipinski definition) is 0. The number of benzene rings is 9. The molecular formula is C52H26N4OS. The molecule has 0 atom stereocenters. The number of rotatable bonds is 2. The highest BCUT2D eigenvalue weighted by atomic mass is 32.1. The molecule has 6 aromatic heterocycles. The molecule has 0 radical (unpaired) electrons. The first-order valence-corrected chi connectivity index (χ1v) is 20.5. The Balaban J connectivity index is 1.18. The van der Waals surface area contributed by atoms with Crippen LogP contribution in [0.2, 0.25) is 0 Å². The van der Waals surface area contributed by atoms with Crippen LogP contribution in [0.25, 0.3) is 141 Å². The van der Waals surface area contributed by atoms with Gasteiger partial charge in [-0.3, -0.25) is 4.57 Å². The van der Waals surface area contributed by atoms with Crippen LogP contribution >= 0.6 is 11.3 Å². The molecule has 6 heteroatoms. The van der Waals surface area contributed by atoms with Crippen LogP contribution in [0.3, 0.4) is 0 Å². The Morgan fingerprint density at radius 1 is 0.414 bits per heavy atom. The number of thiophene rings is 1. The van der Waals surface area contributed by atoms with Gasteiger partial charge in [-0.05, 0) is 71.4 Å². The normalized spacial score (nSPS) is 12.8. The fourth-order valence-electron chi connectivity index (χ4n) is 10.5. The maximum absolute atomic E-state index is 6.33. The molecule has 5 nitrogen and oxygen atoms in total. The fraction of sp³-hybridized carbons (Fsp3) is 0. The van der Waals surface area contributed by atoms with Gasteiger partial charge in [-0.15, -0.1) is 11.3 Å². The van der Waals surface area contributed by atoms with Gasteiger partial charge in [0, 0.05) is 68.8 Å². The molecule has 0 N–H and O–H groups in total. The average Bonchev–Trinajstić information content (AvgIpc) is 4.01. The molecule has 0 fully saturated rings. The Labute approximate surface area is 331 Å². The third-order valence-electron chi connectivity index (χ3n) is 12.8. The molecule has 0 saturated heterocycles. The van der Waals surface area contributed by atoms with Crippen LogP contribution in [0.1, 0.15) is 0 Å². The number of furan rings is 1. The lowest BCUT2D eigenvalue weighted by molar-refractivity contribution is 0.669. The molecule has 0 spiro atoms. The predicted molar refractivity (Wildman–Crippen MR) is 243 cm³/mol. The topological polar surface area (TPSA) is 48.3 Å². The Morgan fingerprint density at radius 3 is 1.90 bits per heavy atom. The summed E-state index contributed by atoms with van der Waals surface area (Å²) in [6.45, 7) is 0. The second-order valence-corrected chi connectivity index (χ2v) is 16.7. The molecule has 15 aromatic rings. The van der Waals surface area contributed by atoms with Gasteiger partial charge in [0.15, 0.2) is 5.82 Å². The summed E-state index contributed by atoms with van der Waals surface area (Å²) in [6.07, 6.45) is 0. The van der Waals surface area contributed by atoms with E-state index in [4.69, 9.17) is 14.4 Å². The third-order valence-corrected chi connectivity index (χ3v) is 13.9. The van der Waals surface area contributed by atoms with Crippen molar-refractivity contribution in [2.45, 2.75) is 0 Å². The molecule has 0 aliphatic heterocycles. The predicted octanol–water partition coefficient (Wildman–Crippen LogP) is 14.4. The van der Waals surface area contributed by atoms with E-state index in [1.807, 2.05) is 23.5 Å². The molecule has 15 rings (SSSR count). The van der Waals surface area contributed by atoms with Crippen molar-refractivity contribution in [2.75, 3.05) is 0 Å². The maximum atomic E-state index is 6.33. The minimum Gasteiger partial charge on any atom is -0.456 e. The van der Waals surface area contributed by atoms with Crippen LogP contribution in [-0.4, -0.2) is 18.9 Å². The molecule has 0 aliphatic rings. The third kappa shape index (κ3) is 3.47. The van der Waals surface area contributed by atoms with E-state index in [0.717, 1.165) is 71.9 Å². The summed E-state index contributed by atoms with van der Waals surface area (Å²) in [5.74, 6) is 0.805. The van der Waals surface area contributed by atoms with Crippen molar-refractivity contribution in [1.82, 2.24) is 18.9 Å². The van der Waals surface area contributed by atoms with Crippen molar-refractivity contribution in [3.05, 3.63) is 158 Å². The lowest BCUT2D eigenvalue weighted by Crippen LogP contribution is -2.04. The molecule has 0 aliphatic carbocycles. The Hall–Kier alpha value is -7.54. The molecule has 58 heavy (non-hydrogen) atoms. The van der Waals surface area contributed by atoms with Gasteiger partial charge in [0.1, 0.15) is 16.9 Å². The fourth-order valence-corrected chi connectivity index (χ4v) is 11.6. The monoisotopic (exact) mass is 754 g/mol. The summed E-state index contributed by atoms with van der Waals surface area (Å²) in [5.41, 5.74) is 11.2. The Bertz CT molecular complexity index is 4280. The van der Waals surface area contributed by atoms with E-state index >= 15 is 0 Å². The van der Waals surface area contributed by atoms with Crippen molar-refractivity contribution < 1.29 is 4.42 Å². The minimum absolute atomic E-state index is 0.805. The summed E-state index contributed by atoms with van der Waals surface area (Å²) < 4.78 is 13.9. The summed E-state index contributed by atoms with van der Waals surface area (Å²) in [6, 6.07) is 56.9. The molecule has 266 valence electrons. The first-order chi connectivity index (χ1) is 28.8. The van der Waals surface area contributed by atoms with Crippen LogP contribution in [0, 0.1) is 0 Å². The van der Waals surface area contributed by atoms with Crippen LogP contribution < -0.4 is 0 Å². The van der Waals surface area contributed by atoms with Gasteiger partial charge >= 0.3 is 0 Å². The standard InChI is InChI=1S/C52H26N4OS/c1-3-14-32-28(10-1)29-11-2-4-15-33(29)50-49(32)53-48(27-20-23-41-35(26-27)31-13-6-8-19-40(31)57-41)52(54-50)56-38-18-9-17-37-44(38)45-39(56)22-25-42-46(45)47-43(58-42)24-21-34-30-12-5-7-16-36(30)55(37)51(34)47/h1-26H. The smallest absolute Gasteiger partial charge is 0.165 e. The molecular weight excluding hydrogens is 729 g/mol. The minimum atomic E-state index is 0.805. The van der Waals surface area contributed by atoms with Gasteiger partial charge < -0.3 is 8.82 Å². The summed E-state index contributed by atoms with van der Waals surface area (Å²) in [5, 5.41) is 14.4. The quantitative estimate of drug-likeness (QED) is 0.165. The SMILES string of the molecule is c1ccc2c(c1)oc1ccc(-c3nc4c5ccccc5c5ccccc5c4nc3-n3c4ccc5sc6ccc7c8ccccc8n8c9cccc3c9c4c5c6c78)cc12. The van der Waals surface area contributed by atoms with Gasteiger partial charge in [-0.2, -0.15) is 0 Å². The van der Waals surface area contributed by atoms with Gasteiger partial charge in [-0.1, -0.05) is 97.1 Å². The van der Waals surface area contributed by atoms with Crippen molar-refractivity contribution in [1.29, 1.82) is 0 Å². The molecule has 6 heterocycles. The molecule has 0 unspecified atom stereocenters. The van der Waals surface area contributed by atoms with Gasteiger partial charge in [-0.25, -0.2) is 9.97 Å². The lowest BCUT2D eigenvalue weighted by atomic mass is 9.99. The van der Waals surface area contributed by atoms with E-state index < -0.39 is 0 Å². The number of hydrogen-bond acceptors (Lipinski definition) is 4. The zero-order valence-corrected chi connectivity index (χ0v) is 31.4. The van der Waals surface area contributed by atoms with E-state index in [1.165, 1.54) is 69.0 Å². The summed E-state index contributed by atoms with van der Waals surface area (Å²) >= 11 is 1.89. The van der Waals surface area contributed by atoms with Crippen LogP contribution in [0.4, 0.5) is 0 Å². The van der Waals surface area contributed by atoms with Crippen LogP contribution in [0.15, 0.2) is 162 Å². The van der Waals surface area contributed by atoms with E-state index in [2.05, 4.69) is 155 Å². The van der Waals surface area contributed by atoms with Crippen molar-refractivity contribution in [2.24, 2.45) is 0 Å². The first-order valence-electron chi connectivity index (χ1n) is 19.7. The van der Waals surface area contributed by atoms with Crippen LogP contribution in [0.5, 0.6) is 0 Å². The average molecular weight is 755 g/mol. The van der Waals surface area contributed by atoms with Gasteiger partial charge in [0.2, 0.25) is 0 Å². The largest absolute Gasteiger partial charge is 0.456 e. The number of aromatic nitrogens is 4. The van der Waals surface area contributed by atoms with E-state index in [9.17, 15) is 0 Å². The number of para-hydroxylation sites is 2. The highest BCUT2D eigenvalue weighted by Gasteiger charge is 2.28. The van der Waals surface area contributed by atoms with Crippen molar-refractivity contribution >= 4 is 135 Å². The molecule has 9 aromatic carbocycles. The zero-order chi connectivity index (χ0) is 37.4. The van der Waals surface area contributed by atoms with E-state index in [0.29, 0.717) is 0 Å². The number of nitrogens with zero attached hydrogens (tertiary/aromatic N) is 4. The van der Waals surface area contributed by atoms with E-state index in [1.54, 1.807) is 0 Å². The van der Waals surface area contributed by atoms with Crippen molar-refractivity contribution in [3.63, 3.8) is 0 Å². The Morgan fingerprint density at radius 2 is 1.05 bits per heavy atom. The van der Waals surface area contributed by atoms with Gasteiger partial charge in [0.25, 0.3) is 0 Å². The maximum Gasteiger partial charge on any atom is 0.165 e. The lowest BCUT2D eigenvalue weighted by Gasteiger charge is -2.16.